The van der Waals surface area contributed by atoms with E-state index < -0.39 is 5.54 Å². The van der Waals surface area contributed by atoms with Crippen molar-refractivity contribution < 1.29 is 17.6 Å². The predicted octanol–water partition coefficient (Wildman–Crippen LogP) is 12.0. The topological polar surface area (TPSA) is 6.48 Å². The molecular formula is C44H34F4N2. The molecule has 9 rings (SSSR count). The molecule has 6 aromatic carbocycles. The zero-order chi connectivity index (χ0) is 34.5. The van der Waals surface area contributed by atoms with E-state index in [0.29, 0.717) is 0 Å². The summed E-state index contributed by atoms with van der Waals surface area (Å²) in [6, 6.07) is 35.2. The van der Waals surface area contributed by atoms with Crippen LogP contribution in [-0.2, 0) is 11.0 Å². The molecule has 2 atom stereocenters. The Morgan fingerprint density at radius 2 is 0.900 bits per heavy atom. The molecule has 248 valence electrons. The molecule has 2 unspecified atom stereocenters. The Bertz CT molecular complexity index is 2200. The second kappa shape index (κ2) is 10.8. The van der Waals surface area contributed by atoms with Crippen LogP contribution in [-0.4, -0.2) is 0 Å². The smallest absolute Gasteiger partial charge is 0.123 e. The van der Waals surface area contributed by atoms with Gasteiger partial charge >= 0.3 is 0 Å². The largest absolute Gasteiger partial charge is 0.330 e. The van der Waals surface area contributed by atoms with Gasteiger partial charge in [-0.2, -0.15) is 0 Å². The minimum atomic E-state index is -0.460. The van der Waals surface area contributed by atoms with Crippen LogP contribution >= 0.6 is 0 Å². The normalized spacial score (nSPS) is 18.5. The van der Waals surface area contributed by atoms with E-state index in [0.717, 1.165) is 35.6 Å². The molecule has 0 radical (unpaired) electrons. The van der Waals surface area contributed by atoms with Gasteiger partial charge in [0.2, 0.25) is 0 Å². The first kappa shape index (κ1) is 30.7. The molecule has 0 saturated heterocycles. The van der Waals surface area contributed by atoms with Crippen molar-refractivity contribution >= 4 is 22.7 Å². The third-order valence-corrected chi connectivity index (χ3v) is 11.0. The second-order valence-electron chi connectivity index (χ2n) is 14.2. The molecule has 0 bridgehead atoms. The van der Waals surface area contributed by atoms with Crippen molar-refractivity contribution in [3.05, 3.63) is 178 Å². The minimum absolute atomic E-state index is 0.0636. The lowest BCUT2D eigenvalue weighted by Gasteiger charge is -2.35. The maximum Gasteiger partial charge on any atom is 0.123 e. The highest BCUT2D eigenvalue weighted by Gasteiger charge is 2.57. The van der Waals surface area contributed by atoms with Crippen molar-refractivity contribution in [3.63, 3.8) is 0 Å². The zero-order valence-corrected chi connectivity index (χ0v) is 27.9. The van der Waals surface area contributed by atoms with Crippen molar-refractivity contribution in [2.45, 2.75) is 50.6 Å². The summed E-state index contributed by atoms with van der Waals surface area (Å²) in [5, 5.41) is 0. The summed E-state index contributed by atoms with van der Waals surface area (Å²) < 4.78 is 56.3. The molecule has 0 N–H and O–H groups in total. The van der Waals surface area contributed by atoms with Gasteiger partial charge in [0.1, 0.15) is 23.3 Å². The summed E-state index contributed by atoms with van der Waals surface area (Å²) in [5.74, 6) is -1.23. The van der Waals surface area contributed by atoms with Crippen LogP contribution in [0.1, 0.15) is 73.0 Å². The van der Waals surface area contributed by atoms with Crippen LogP contribution in [0.25, 0.3) is 11.1 Å². The fourth-order valence-electron chi connectivity index (χ4n) is 8.53. The predicted molar refractivity (Wildman–Crippen MR) is 191 cm³/mol. The summed E-state index contributed by atoms with van der Waals surface area (Å²) >= 11 is 0. The molecular weight excluding hydrogens is 632 g/mol. The molecule has 0 aliphatic heterocycles. The zero-order valence-electron chi connectivity index (χ0n) is 27.9. The van der Waals surface area contributed by atoms with Gasteiger partial charge in [-0.15, -0.1) is 0 Å². The standard InChI is InChI=1S/C44H34F4N2/c1-4-21-44(50(32-17-9-28(47)10-18-32)33-19-11-29(48)12-20-33)40-23-35-34-22-36-37(24-38(34)43(2,3)39(35)25-41(40)44)42(36)49(30-13-5-26(45)6-14-30)31-15-7-27(46)8-16-31/h5-20,22-25,42H,4,21H2,1-3H3. The van der Waals surface area contributed by atoms with Crippen LogP contribution in [0.5, 0.6) is 0 Å². The Balaban J connectivity index is 1.15. The number of benzene rings is 6. The maximum atomic E-state index is 14.2. The summed E-state index contributed by atoms with van der Waals surface area (Å²) in [6.45, 7) is 6.71. The van der Waals surface area contributed by atoms with Gasteiger partial charge in [0.15, 0.2) is 0 Å². The first-order chi connectivity index (χ1) is 24.1. The minimum Gasteiger partial charge on any atom is -0.330 e. The monoisotopic (exact) mass is 666 g/mol. The van der Waals surface area contributed by atoms with Gasteiger partial charge in [0, 0.05) is 28.2 Å². The van der Waals surface area contributed by atoms with Gasteiger partial charge in [-0.1, -0.05) is 39.3 Å². The fourth-order valence-corrected chi connectivity index (χ4v) is 8.53. The van der Waals surface area contributed by atoms with E-state index in [-0.39, 0.29) is 34.7 Å². The highest BCUT2D eigenvalue weighted by atomic mass is 19.1. The Kier molecular flexibility index (Phi) is 6.64. The summed E-state index contributed by atoms with van der Waals surface area (Å²) in [6.07, 6.45) is 1.75. The van der Waals surface area contributed by atoms with E-state index in [2.05, 4.69) is 54.8 Å². The van der Waals surface area contributed by atoms with Crippen LogP contribution in [0.3, 0.4) is 0 Å². The third-order valence-electron chi connectivity index (χ3n) is 11.0. The number of hydrogen-bond donors (Lipinski definition) is 0. The van der Waals surface area contributed by atoms with E-state index in [1.807, 2.05) is 0 Å². The highest BCUT2D eigenvalue weighted by molar-refractivity contribution is 5.89. The molecule has 0 amide bonds. The lowest BCUT2D eigenvalue weighted by atomic mass is 9.82. The molecule has 3 aliphatic carbocycles. The second-order valence-corrected chi connectivity index (χ2v) is 14.2. The van der Waals surface area contributed by atoms with E-state index in [1.54, 1.807) is 48.5 Å². The van der Waals surface area contributed by atoms with Crippen molar-refractivity contribution in [1.82, 2.24) is 0 Å². The number of rotatable bonds is 8. The molecule has 0 aromatic heterocycles. The highest BCUT2D eigenvalue weighted by Crippen LogP contribution is 2.64. The maximum absolute atomic E-state index is 14.2. The van der Waals surface area contributed by atoms with E-state index in [1.165, 1.54) is 93.0 Å². The van der Waals surface area contributed by atoms with E-state index >= 15 is 0 Å². The fraction of sp³-hybridized carbons (Fsp3) is 0.182. The Morgan fingerprint density at radius 3 is 1.38 bits per heavy atom. The molecule has 0 fully saturated rings. The average molecular weight is 667 g/mol. The summed E-state index contributed by atoms with van der Waals surface area (Å²) in [5.41, 5.74) is 12.4. The lowest BCUT2D eigenvalue weighted by molar-refractivity contribution is 0.562. The van der Waals surface area contributed by atoms with Crippen LogP contribution in [0.4, 0.5) is 40.3 Å². The number of fused-ring (bicyclic) bond motifs is 5. The number of hydrogen-bond acceptors (Lipinski definition) is 2. The Hall–Kier alpha value is -5.36. The van der Waals surface area contributed by atoms with Gasteiger partial charge in [-0.05, 0) is 160 Å². The Labute approximate surface area is 289 Å². The lowest BCUT2D eigenvalue weighted by Crippen LogP contribution is -2.32. The van der Waals surface area contributed by atoms with E-state index in [4.69, 9.17) is 0 Å². The molecule has 0 heterocycles. The first-order valence-corrected chi connectivity index (χ1v) is 17.1. The molecule has 0 saturated carbocycles. The molecule has 6 aromatic rings. The SMILES string of the molecule is CCCC1(N(c2ccc(F)cc2)c2ccc(F)cc2)c2cc3c(cc21)C(C)(C)c1cc2c(cc1-3)C2N(c1ccc(F)cc1)c1ccc(F)cc1. The average Bonchev–Trinajstić information content (AvgIpc) is 3.97. The number of anilines is 4. The van der Waals surface area contributed by atoms with Crippen molar-refractivity contribution in [2.75, 3.05) is 9.80 Å². The first-order valence-electron chi connectivity index (χ1n) is 17.1. The molecule has 6 heteroatoms. The van der Waals surface area contributed by atoms with Crippen LogP contribution in [0.15, 0.2) is 121 Å². The van der Waals surface area contributed by atoms with Crippen LogP contribution in [0.2, 0.25) is 0 Å². The molecule has 3 aliphatic rings. The number of halogens is 4. The van der Waals surface area contributed by atoms with E-state index in [9.17, 15) is 17.6 Å². The molecule has 50 heavy (non-hydrogen) atoms. The molecule has 0 spiro atoms. The molecule has 2 nitrogen and oxygen atoms in total. The van der Waals surface area contributed by atoms with Crippen molar-refractivity contribution in [3.8, 4) is 11.1 Å². The van der Waals surface area contributed by atoms with Gasteiger partial charge < -0.3 is 9.80 Å². The van der Waals surface area contributed by atoms with Crippen LogP contribution < -0.4 is 9.80 Å². The summed E-state index contributed by atoms with van der Waals surface area (Å²) in [4.78, 5) is 4.39. The quantitative estimate of drug-likeness (QED) is 0.149. The summed E-state index contributed by atoms with van der Waals surface area (Å²) in [7, 11) is 0. The van der Waals surface area contributed by atoms with Gasteiger partial charge in [0.25, 0.3) is 0 Å². The van der Waals surface area contributed by atoms with Crippen molar-refractivity contribution in [1.29, 1.82) is 0 Å². The van der Waals surface area contributed by atoms with Crippen LogP contribution in [0, 0.1) is 23.3 Å². The van der Waals surface area contributed by atoms with Crippen molar-refractivity contribution in [2.24, 2.45) is 0 Å². The third kappa shape index (κ3) is 4.47. The Morgan fingerprint density at radius 1 is 0.500 bits per heavy atom. The van der Waals surface area contributed by atoms with Gasteiger partial charge in [-0.25, -0.2) is 17.6 Å². The van der Waals surface area contributed by atoms with Gasteiger partial charge in [-0.3, -0.25) is 0 Å². The number of nitrogens with zero attached hydrogens (tertiary/aromatic N) is 2. The van der Waals surface area contributed by atoms with Gasteiger partial charge in [0.05, 0.1) is 11.6 Å².